The van der Waals surface area contributed by atoms with E-state index in [1.807, 2.05) is 26.1 Å². The van der Waals surface area contributed by atoms with E-state index in [0.29, 0.717) is 6.54 Å². The van der Waals surface area contributed by atoms with Crippen LogP contribution in [-0.4, -0.2) is 30.5 Å². The van der Waals surface area contributed by atoms with E-state index in [2.05, 4.69) is 43.9 Å². The fourth-order valence-electron chi connectivity index (χ4n) is 1.95. The van der Waals surface area contributed by atoms with Crippen molar-refractivity contribution < 1.29 is 4.79 Å². The molecule has 17 heavy (non-hydrogen) atoms. The number of rotatable bonds is 1. The molecule has 1 fully saturated rings. The number of hydrogen-bond acceptors (Lipinski definition) is 3. The van der Waals surface area contributed by atoms with Crippen LogP contribution in [0.25, 0.3) is 0 Å². The Labute approximate surface area is 115 Å². The van der Waals surface area contributed by atoms with Crippen molar-refractivity contribution in [3.05, 3.63) is 22.0 Å². The lowest BCUT2D eigenvalue weighted by Crippen LogP contribution is -2.39. The maximum absolute atomic E-state index is 11.8. The number of anilines is 1. The van der Waals surface area contributed by atoms with E-state index < -0.39 is 0 Å². The SMILES string of the molecule is CC1(C)CN(c2ccc(I)nc2)CCNC1=O. The fourth-order valence-corrected chi connectivity index (χ4v) is 2.27. The molecule has 1 aromatic heterocycles. The molecule has 0 aliphatic carbocycles. The van der Waals surface area contributed by atoms with E-state index in [1.54, 1.807) is 0 Å². The second kappa shape index (κ2) is 4.80. The topological polar surface area (TPSA) is 45.2 Å². The van der Waals surface area contributed by atoms with Crippen LogP contribution in [-0.2, 0) is 4.79 Å². The number of pyridine rings is 1. The van der Waals surface area contributed by atoms with Crippen LogP contribution in [0, 0.1) is 9.12 Å². The highest BCUT2D eigenvalue weighted by Crippen LogP contribution is 2.23. The summed E-state index contributed by atoms with van der Waals surface area (Å²) in [7, 11) is 0. The Kier molecular flexibility index (Phi) is 3.56. The maximum atomic E-state index is 11.8. The highest BCUT2D eigenvalue weighted by atomic mass is 127. The van der Waals surface area contributed by atoms with Gasteiger partial charge in [-0.05, 0) is 48.6 Å². The summed E-state index contributed by atoms with van der Waals surface area (Å²) in [5.74, 6) is 0.124. The van der Waals surface area contributed by atoms with Crippen LogP contribution in [0.15, 0.2) is 18.3 Å². The number of nitrogens with one attached hydrogen (secondary N) is 1. The molecule has 1 N–H and O–H groups in total. The van der Waals surface area contributed by atoms with Gasteiger partial charge in [0.1, 0.15) is 3.70 Å². The van der Waals surface area contributed by atoms with Crippen molar-refractivity contribution in [3.63, 3.8) is 0 Å². The zero-order valence-electron chi connectivity index (χ0n) is 10.0. The van der Waals surface area contributed by atoms with E-state index in [9.17, 15) is 4.79 Å². The number of amides is 1. The molecule has 0 bridgehead atoms. The average Bonchev–Trinajstić information content (AvgIpc) is 2.40. The Morgan fingerprint density at radius 1 is 1.47 bits per heavy atom. The van der Waals surface area contributed by atoms with Gasteiger partial charge in [0.05, 0.1) is 17.3 Å². The van der Waals surface area contributed by atoms with Crippen LogP contribution in [0.3, 0.4) is 0 Å². The van der Waals surface area contributed by atoms with Gasteiger partial charge in [0, 0.05) is 19.6 Å². The third-order valence-electron chi connectivity index (χ3n) is 2.95. The third-order valence-corrected chi connectivity index (χ3v) is 3.58. The minimum atomic E-state index is -0.362. The molecule has 1 saturated heterocycles. The molecule has 1 aliphatic heterocycles. The zero-order chi connectivity index (χ0) is 12.5. The standard InChI is InChI=1S/C12H16IN3O/c1-12(2)8-16(6-5-14-11(12)17)9-3-4-10(13)15-7-9/h3-4,7H,5-6,8H2,1-2H3,(H,14,17). The van der Waals surface area contributed by atoms with Crippen LogP contribution in [0.1, 0.15) is 13.8 Å². The van der Waals surface area contributed by atoms with Crippen molar-refractivity contribution >= 4 is 34.2 Å². The van der Waals surface area contributed by atoms with E-state index in [0.717, 1.165) is 22.5 Å². The van der Waals surface area contributed by atoms with Crippen LogP contribution >= 0.6 is 22.6 Å². The van der Waals surface area contributed by atoms with Gasteiger partial charge in [-0.2, -0.15) is 0 Å². The van der Waals surface area contributed by atoms with E-state index in [4.69, 9.17) is 0 Å². The molecular weight excluding hydrogens is 329 g/mol. The van der Waals surface area contributed by atoms with Crippen molar-refractivity contribution in [3.8, 4) is 0 Å². The Bertz CT molecular complexity index is 416. The molecular formula is C12H16IN3O. The first-order valence-electron chi connectivity index (χ1n) is 5.64. The molecule has 1 amide bonds. The molecule has 2 rings (SSSR count). The molecule has 0 unspecified atom stereocenters. The molecule has 5 heteroatoms. The summed E-state index contributed by atoms with van der Waals surface area (Å²) in [6.07, 6.45) is 1.87. The van der Waals surface area contributed by atoms with Gasteiger partial charge in [-0.25, -0.2) is 4.98 Å². The van der Waals surface area contributed by atoms with Crippen molar-refractivity contribution in [2.24, 2.45) is 5.41 Å². The van der Waals surface area contributed by atoms with Crippen LogP contribution in [0.2, 0.25) is 0 Å². The molecule has 0 saturated carbocycles. The van der Waals surface area contributed by atoms with Crippen LogP contribution in [0.4, 0.5) is 5.69 Å². The van der Waals surface area contributed by atoms with Crippen molar-refractivity contribution in [2.45, 2.75) is 13.8 Å². The van der Waals surface area contributed by atoms with Crippen molar-refractivity contribution in [1.82, 2.24) is 10.3 Å². The number of halogens is 1. The first kappa shape index (κ1) is 12.6. The number of aromatic nitrogens is 1. The maximum Gasteiger partial charge on any atom is 0.227 e. The van der Waals surface area contributed by atoms with Gasteiger partial charge in [0.25, 0.3) is 0 Å². The molecule has 1 aromatic rings. The van der Waals surface area contributed by atoms with Crippen molar-refractivity contribution in [2.75, 3.05) is 24.5 Å². The lowest BCUT2D eigenvalue weighted by atomic mass is 9.92. The zero-order valence-corrected chi connectivity index (χ0v) is 12.2. The quantitative estimate of drug-likeness (QED) is 0.622. The van der Waals surface area contributed by atoms with Gasteiger partial charge in [-0.15, -0.1) is 0 Å². The summed E-state index contributed by atoms with van der Waals surface area (Å²) in [5.41, 5.74) is 0.717. The molecule has 1 aliphatic rings. The van der Waals surface area contributed by atoms with E-state index in [-0.39, 0.29) is 11.3 Å². The monoisotopic (exact) mass is 345 g/mol. The molecule has 4 nitrogen and oxygen atoms in total. The van der Waals surface area contributed by atoms with Gasteiger partial charge in [0.2, 0.25) is 5.91 Å². The number of hydrogen-bond donors (Lipinski definition) is 1. The lowest BCUT2D eigenvalue weighted by molar-refractivity contribution is -0.128. The Balaban J connectivity index is 2.21. The molecule has 0 aromatic carbocycles. The highest BCUT2D eigenvalue weighted by Gasteiger charge is 2.32. The summed E-state index contributed by atoms with van der Waals surface area (Å²) in [5, 5.41) is 2.94. The van der Waals surface area contributed by atoms with Crippen LogP contribution in [0.5, 0.6) is 0 Å². The summed E-state index contributed by atoms with van der Waals surface area (Å²) < 4.78 is 0.981. The largest absolute Gasteiger partial charge is 0.367 e. The van der Waals surface area contributed by atoms with Crippen molar-refractivity contribution in [1.29, 1.82) is 0 Å². The Hall–Kier alpha value is -0.850. The summed E-state index contributed by atoms with van der Waals surface area (Å²) in [6.45, 7) is 6.19. The second-order valence-electron chi connectivity index (χ2n) is 4.90. The Morgan fingerprint density at radius 3 is 2.88 bits per heavy atom. The molecule has 0 radical (unpaired) electrons. The predicted molar refractivity (Wildman–Crippen MR) is 76.0 cm³/mol. The van der Waals surface area contributed by atoms with Crippen LogP contribution < -0.4 is 10.2 Å². The molecule has 2 heterocycles. The number of carbonyl (C=O) groups excluding carboxylic acids is 1. The highest BCUT2D eigenvalue weighted by molar-refractivity contribution is 14.1. The first-order chi connectivity index (χ1) is 7.99. The molecule has 92 valence electrons. The number of nitrogens with zero attached hydrogens (tertiary/aromatic N) is 2. The third kappa shape index (κ3) is 2.88. The average molecular weight is 345 g/mol. The fraction of sp³-hybridized carbons (Fsp3) is 0.500. The minimum Gasteiger partial charge on any atom is -0.367 e. The van der Waals surface area contributed by atoms with E-state index in [1.165, 1.54) is 0 Å². The van der Waals surface area contributed by atoms with Gasteiger partial charge in [-0.3, -0.25) is 4.79 Å². The molecule has 0 atom stereocenters. The van der Waals surface area contributed by atoms with Gasteiger partial charge in [0.15, 0.2) is 0 Å². The number of carbonyl (C=O) groups is 1. The second-order valence-corrected chi connectivity index (χ2v) is 6.01. The molecule has 0 spiro atoms. The van der Waals surface area contributed by atoms with Gasteiger partial charge in [-0.1, -0.05) is 0 Å². The van der Waals surface area contributed by atoms with Gasteiger partial charge >= 0.3 is 0 Å². The Morgan fingerprint density at radius 2 is 2.24 bits per heavy atom. The first-order valence-corrected chi connectivity index (χ1v) is 6.72. The normalized spacial score (nSPS) is 19.7. The van der Waals surface area contributed by atoms with E-state index >= 15 is 0 Å². The lowest BCUT2D eigenvalue weighted by Gasteiger charge is -2.28. The minimum absolute atomic E-state index is 0.124. The van der Waals surface area contributed by atoms with Gasteiger partial charge < -0.3 is 10.2 Å². The predicted octanol–water partition coefficient (Wildman–Crippen LogP) is 1.65. The summed E-state index contributed by atoms with van der Waals surface area (Å²) >= 11 is 2.19. The summed E-state index contributed by atoms with van der Waals surface area (Å²) in [4.78, 5) is 18.3. The summed E-state index contributed by atoms with van der Waals surface area (Å²) in [6, 6.07) is 4.05. The smallest absolute Gasteiger partial charge is 0.227 e.